The van der Waals surface area contributed by atoms with E-state index in [1.165, 1.54) is 25.7 Å². The first-order valence-electron chi connectivity index (χ1n) is 40.7. The van der Waals surface area contributed by atoms with E-state index in [0.717, 1.165) is 142 Å². The molecular formula is C78H128N2O20. The van der Waals surface area contributed by atoms with Crippen LogP contribution >= 0.6 is 0 Å². The van der Waals surface area contributed by atoms with E-state index in [9.17, 15) is 0 Å². The van der Waals surface area contributed by atoms with Crippen LogP contribution in [-0.4, -0.2) is 197 Å². The monoisotopic (exact) mass is 1410 g/mol. The first-order valence-corrected chi connectivity index (χ1v) is 40.7. The number of rotatable bonds is 27. The van der Waals surface area contributed by atoms with Gasteiger partial charge in [-0.25, -0.2) is 39.1 Å². The molecule has 4 saturated carbocycles. The Balaban J connectivity index is 0.567. The van der Waals surface area contributed by atoms with Gasteiger partial charge in [-0.2, -0.15) is 0 Å². The minimum Gasteiger partial charge on any atom is -0.380 e. The highest BCUT2D eigenvalue weighted by molar-refractivity contribution is 5.14. The van der Waals surface area contributed by atoms with Gasteiger partial charge in [-0.05, 0) is 201 Å². The summed E-state index contributed by atoms with van der Waals surface area (Å²) in [7, 11) is 0. The maximum atomic E-state index is 6.99. The van der Waals surface area contributed by atoms with Crippen molar-refractivity contribution in [2.75, 3.05) is 92.1 Å². The topological polar surface area (TPSA) is 191 Å². The van der Waals surface area contributed by atoms with E-state index in [1.807, 2.05) is 27.7 Å². The summed E-state index contributed by atoms with van der Waals surface area (Å²) in [5.74, 6) is 2.44. The number of fused-ring (bicyclic) bond motifs is 8. The van der Waals surface area contributed by atoms with Gasteiger partial charge in [0.05, 0.1) is 50.8 Å². The van der Waals surface area contributed by atoms with E-state index >= 15 is 0 Å². The molecule has 0 aromatic rings. The lowest BCUT2D eigenvalue weighted by Gasteiger charge is -2.60. The number of nitrogens with zero attached hydrogens (tertiary/aromatic N) is 2. The highest BCUT2D eigenvalue weighted by atomic mass is 17.3. The van der Waals surface area contributed by atoms with Crippen LogP contribution in [0.25, 0.3) is 0 Å². The van der Waals surface area contributed by atoms with Crippen molar-refractivity contribution in [3.05, 3.63) is 0 Å². The molecule has 16 heterocycles. The number of hydrogen-bond acceptors (Lipinski definition) is 22. The standard InChI is InChI=1S/C78H128N2O20/c1-47-13-17-59-51(5)63(85-67-75(59)55(47)21-29-71(9,89-67)93-97-75)25-39-81-43-35-79(36-44-82-40-26-64-52(6)60-18-14-48(2)56-22-30-72(10)90-68(86-64)76(56,60)98-94-72)33-34-80(37-45-83-41-27-65-53(7)61-19-15-49(3)57-23-31-73(11)91-69(87-65)77(57,61)99-95-73)38-46-84-42-28-66-54(8)62-20-16-50(4)58-24-32-74(12)92-70(88-66)78(58,62)100-96-74/h47-70H,13-46H2,1-12H3/t47-,48-,49-,50-,51-,52-,53-,54-,55+,56+,57+,58+,59+,60+,61+,62+,63?,64?,65?,66?,67-,68-,69-,70-,71?,72?,73?,74?,75-,76-,77-,78-/m1/s1. The molecule has 16 saturated heterocycles. The summed E-state index contributed by atoms with van der Waals surface area (Å²) < 4.78 is 81.5. The van der Waals surface area contributed by atoms with Crippen LogP contribution in [0.5, 0.6) is 0 Å². The summed E-state index contributed by atoms with van der Waals surface area (Å²) in [5.41, 5.74) is -2.30. The smallest absolute Gasteiger partial charge is 0.201 e. The number of ether oxygens (including phenoxy) is 12. The van der Waals surface area contributed by atoms with Crippen LogP contribution in [0.15, 0.2) is 0 Å². The Morgan fingerprint density at radius 2 is 0.500 bits per heavy atom. The lowest BCUT2D eigenvalue weighted by Crippen LogP contribution is -2.70. The maximum absolute atomic E-state index is 6.99. The quantitative estimate of drug-likeness (QED) is 0.0557. The molecule has 8 unspecified atom stereocenters. The van der Waals surface area contributed by atoms with Gasteiger partial charge in [0.15, 0.2) is 47.6 Å². The molecule has 0 aromatic carbocycles. The molecule has 570 valence electrons. The van der Waals surface area contributed by atoms with Crippen molar-refractivity contribution in [3.8, 4) is 0 Å². The van der Waals surface area contributed by atoms with Crippen LogP contribution in [0.1, 0.15) is 212 Å². The fourth-order valence-electron chi connectivity index (χ4n) is 24.2. The predicted molar refractivity (Wildman–Crippen MR) is 362 cm³/mol. The van der Waals surface area contributed by atoms with Crippen LogP contribution in [-0.2, 0) is 95.9 Å². The second-order valence-corrected chi connectivity index (χ2v) is 36.1. The van der Waals surface area contributed by atoms with Crippen LogP contribution in [0.3, 0.4) is 0 Å². The summed E-state index contributed by atoms with van der Waals surface area (Å²) in [6.45, 7) is 36.2. The molecule has 32 atom stereocenters. The van der Waals surface area contributed by atoms with Gasteiger partial charge in [-0.15, -0.1) is 0 Å². The van der Waals surface area contributed by atoms with Crippen LogP contribution in [0, 0.1) is 94.7 Å². The molecule has 8 bridgehead atoms. The Morgan fingerprint density at radius 1 is 0.270 bits per heavy atom. The van der Waals surface area contributed by atoms with Gasteiger partial charge in [0.25, 0.3) is 0 Å². The van der Waals surface area contributed by atoms with Crippen LogP contribution in [0.4, 0.5) is 0 Å². The van der Waals surface area contributed by atoms with Crippen molar-refractivity contribution in [3.63, 3.8) is 0 Å². The zero-order chi connectivity index (χ0) is 69.2. The molecular weight excluding hydrogens is 1280 g/mol. The zero-order valence-corrected chi connectivity index (χ0v) is 63.0. The third kappa shape index (κ3) is 12.9. The van der Waals surface area contributed by atoms with Gasteiger partial charge < -0.3 is 56.8 Å². The minimum absolute atomic E-state index is 0.0113. The van der Waals surface area contributed by atoms with Crippen molar-refractivity contribution >= 4 is 0 Å². The Morgan fingerprint density at radius 3 is 0.730 bits per heavy atom. The van der Waals surface area contributed by atoms with Gasteiger partial charge in [-0.1, -0.05) is 55.4 Å². The van der Waals surface area contributed by atoms with Gasteiger partial charge in [-0.3, -0.25) is 9.80 Å². The van der Waals surface area contributed by atoms with Crippen molar-refractivity contribution < 1.29 is 95.9 Å². The molecule has 4 aliphatic carbocycles. The molecule has 0 aromatic heterocycles. The summed E-state index contributed by atoms with van der Waals surface area (Å²) in [6.07, 6.45) is 17.6. The molecule has 22 nitrogen and oxygen atoms in total. The molecule has 0 radical (unpaired) electrons. The maximum Gasteiger partial charge on any atom is 0.201 e. The van der Waals surface area contributed by atoms with E-state index in [-0.39, 0.29) is 71.8 Å². The van der Waals surface area contributed by atoms with Gasteiger partial charge in [0, 0.05) is 115 Å². The third-order valence-electron chi connectivity index (χ3n) is 30.3. The van der Waals surface area contributed by atoms with Crippen molar-refractivity contribution in [1.29, 1.82) is 0 Å². The Labute approximate surface area is 596 Å². The molecule has 20 aliphatic rings. The van der Waals surface area contributed by atoms with Crippen LogP contribution in [0.2, 0.25) is 0 Å². The van der Waals surface area contributed by atoms with Gasteiger partial charge in [0.1, 0.15) is 0 Å². The normalized spacial score (nSPS) is 52.5. The molecule has 22 heteroatoms. The van der Waals surface area contributed by atoms with E-state index < -0.39 is 70.7 Å². The fourth-order valence-corrected chi connectivity index (χ4v) is 24.2. The summed E-state index contributed by atoms with van der Waals surface area (Å²) in [4.78, 5) is 55.5. The molecule has 16 aliphatic heterocycles. The zero-order valence-electron chi connectivity index (χ0n) is 63.0. The minimum atomic E-state index is -0.804. The largest absolute Gasteiger partial charge is 0.380 e. The first-order chi connectivity index (χ1) is 48.1. The van der Waals surface area contributed by atoms with E-state index in [2.05, 4.69) is 65.2 Å². The van der Waals surface area contributed by atoms with Crippen molar-refractivity contribution in [2.24, 2.45) is 94.7 Å². The van der Waals surface area contributed by atoms with E-state index in [0.29, 0.717) is 100 Å². The molecule has 100 heavy (non-hydrogen) atoms. The van der Waals surface area contributed by atoms with Gasteiger partial charge >= 0.3 is 0 Å². The van der Waals surface area contributed by atoms with E-state index in [4.69, 9.17) is 95.9 Å². The summed E-state index contributed by atoms with van der Waals surface area (Å²) >= 11 is 0. The Bertz CT molecular complexity index is 2430. The second kappa shape index (κ2) is 28.8. The summed E-state index contributed by atoms with van der Waals surface area (Å²) in [5, 5.41) is 0. The molecule has 0 N–H and O–H groups in total. The average molecular weight is 1410 g/mol. The lowest BCUT2D eigenvalue weighted by molar-refractivity contribution is -0.571. The summed E-state index contributed by atoms with van der Waals surface area (Å²) in [6, 6.07) is 0. The lowest BCUT2D eigenvalue weighted by atomic mass is 9.57. The molecule has 20 rings (SSSR count). The molecule has 20 fully saturated rings. The number of hydrogen-bond donors (Lipinski definition) is 0. The Hall–Kier alpha value is -0.880. The highest BCUT2D eigenvalue weighted by Crippen LogP contribution is 2.66. The van der Waals surface area contributed by atoms with E-state index in [1.54, 1.807) is 0 Å². The second-order valence-electron chi connectivity index (χ2n) is 36.1. The molecule has 0 amide bonds. The van der Waals surface area contributed by atoms with Crippen LogP contribution < -0.4 is 0 Å². The highest BCUT2D eigenvalue weighted by Gasteiger charge is 2.74. The van der Waals surface area contributed by atoms with Crippen molar-refractivity contribution in [1.82, 2.24) is 9.80 Å². The average Bonchev–Trinajstić information content (AvgIpc) is 1.38. The first kappa shape index (κ1) is 73.3. The van der Waals surface area contributed by atoms with Gasteiger partial charge in [0.2, 0.25) is 23.1 Å². The van der Waals surface area contributed by atoms with Crippen molar-refractivity contribution in [2.45, 2.75) is 307 Å². The predicted octanol–water partition coefficient (Wildman–Crippen LogP) is 12.2. The molecule has 4 spiro atoms. The fraction of sp³-hybridized carbons (Fsp3) is 1.00. The SMILES string of the molecule is C[C@@H]1CC[C@H]2[C@@H](C)C(CCOCCN(CCOCCC3O[C@@H]4OC5(C)CC[C@H]6[C@H](C)CC[C@@H]([C@H]3C)[C@@]46OO5)CCN(CCOCCC3O[C@@H]4OC5(C)CC[C@H]6[C@H](C)CC[C@@H]([C@H]3C)[C@@]46OO5)CCOCCC3O[C@@H]4OC5(C)CC[C@H]6[C@H](C)CC[C@@H]([C@H]3C)[C@@]46OO5)O[C@@H]3OC4(C)CC[C@@H]1[C@]32OO4. The third-order valence-corrected chi connectivity index (χ3v) is 30.3. The Kier molecular flexibility index (Phi) is 21.1.